The third kappa shape index (κ3) is 8.55. The molecule has 5 aromatic rings. The number of fused-ring (bicyclic) bond motifs is 1. The topological polar surface area (TPSA) is 123 Å². The smallest absolute Gasteiger partial charge is 0.303 e. The van der Waals surface area contributed by atoms with E-state index in [0.29, 0.717) is 38.8 Å². The standard InChI is InChI=1S/C39H41N3O6/c43-25-27-13-15-30(16-14-27)36-22-33(24-42-26-41-34-9-4-5-10-35(34)42)47-39(48-36)31-19-17-29(18-20-31)32-8-6-7-28(21-32)23-40-37(44)11-2-1-3-12-38(45)46/h4-10,13-21,26,33,36,39,43H,1-3,11-12,22-25H2,(H,40,44)(H,45,46). The molecule has 48 heavy (non-hydrogen) atoms. The molecule has 1 saturated heterocycles. The number of nitrogens with zero attached hydrogens (tertiary/aromatic N) is 2. The highest BCUT2D eigenvalue weighted by Gasteiger charge is 2.32. The zero-order valence-corrected chi connectivity index (χ0v) is 26.8. The van der Waals surface area contributed by atoms with Crippen LogP contribution in [0.5, 0.6) is 0 Å². The number of aromatic nitrogens is 2. The van der Waals surface area contributed by atoms with Gasteiger partial charge in [-0.1, -0.05) is 85.3 Å². The highest BCUT2D eigenvalue weighted by Crippen LogP contribution is 2.39. The number of aliphatic hydroxyl groups excluding tert-OH is 1. The SMILES string of the molecule is O=C(O)CCCCCC(=O)NCc1cccc(-c2ccc(C3OC(Cn4cnc5ccccc54)CC(c4ccc(CO)cc4)O3)cc2)c1. The van der Waals surface area contributed by atoms with Crippen molar-refractivity contribution in [2.75, 3.05) is 0 Å². The van der Waals surface area contributed by atoms with Crippen LogP contribution in [0.1, 0.15) is 73.2 Å². The number of hydrogen-bond acceptors (Lipinski definition) is 6. The first kappa shape index (κ1) is 33.1. The van der Waals surface area contributed by atoms with Gasteiger partial charge in [0.2, 0.25) is 5.91 Å². The summed E-state index contributed by atoms with van der Waals surface area (Å²) in [6, 6.07) is 32.3. The summed E-state index contributed by atoms with van der Waals surface area (Å²) >= 11 is 0. The third-order valence-corrected chi connectivity index (χ3v) is 8.77. The summed E-state index contributed by atoms with van der Waals surface area (Å²) in [5.41, 5.74) is 7.91. The molecule has 1 amide bonds. The van der Waals surface area contributed by atoms with Crippen molar-refractivity contribution >= 4 is 22.9 Å². The Kier molecular flexibility index (Phi) is 10.9. The van der Waals surface area contributed by atoms with E-state index in [9.17, 15) is 14.7 Å². The molecule has 3 N–H and O–H groups in total. The van der Waals surface area contributed by atoms with Gasteiger partial charge in [-0.3, -0.25) is 9.59 Å². The summed E-state index contributed by atoms with van der Waals surface area (Å²) < 4.78 is 15.3. The maximum Gasteiger partial charge on any atom is 0.303 e. The monoisotopic (exact) mass is 647 g/mol. The van der Waals surface area contributed by atoms with Crippen molar-refractivity contribution in [1.29, 1.82) is 0 Å². The molecule has 0 bridgehead atoms. The van der Waals surface area contributed by atoms with Gasteiger partial charge in [-0.25, -0.2) is 4.98 Å². The number of para-hydroxylation sites is 2. The van der Waals surface area contributed by atoms with E-state index in [1.807, 2.05) is 79.1 Å². The number of aliphatic carboxylic acids is 1. The number of rotatable bonds is 14. The van der Waals surface area contributed by atoms with Crippen LogP contribution in [-0.4, -0.2) is 37.7 Å². The molecule has 0 radical (unpaired) electrons. The van der Waals surface area contributed by atoms with Crippen molar-refractivity contribution in [1.82, 2.24) is 14.9 Å². The molecule has 1 aliphatic heterocycles. The van der Waals surface area contributed by atoms with Gasteiger partial charge >= 0.3 is 5.97 Å². The van der Waals surface area contributed by atoms with Crippen LogP contribution in [0.15, 0.2) is 103 Å². The quantitative estimate of drug-likeness (QED) is 0.110. The normalized spacial score (nSPS) is 17.7. The van der Waals surface area contributed by atoms with Crippen LogP contribution in [0.3, 0.4) is 0 Å². The molecule has 0 aliphatic carbocycles. The van der Waals surface area contributed by atoms with E-state index in [1.54, 1.807) is 0 Å². The maximum absolute atomic E-state index is 12.3. The molecule has 6 rings (SSSR count). The summed E-state index contributed by atoms with van der Waals surface area (Å²) in [5, 5.41) is 21.3. The molecular formula is C39H41N3O6. The number of ether oxygens (including phenoxy) is 2. The number of hydrogen-bond donors (Lipinski definition) is 3. The second-order valence-electron chi connectivity index (χ2n) is 12.3. The second kappa shape index (κ2) is 15.8. The second-order valence-corrected chi connectivity index (χ2v) is 12.3. The van der Waals surface area contributed by atoms with Crippen molar-refractivity contribution in [3.63, 3.8) is 0 Å². The molecule has 9 heteroatoms. The highest BCUT2D eigenvalue weighted by molar-refractivity contribution is 5.76. The Labute approximate surface area is 280 Å². The number of carbonyl (C=O) groups is 2. The zero-order chi connectivity index (χ0) is 33.3. The van der Waals surface area contributed by atoms with E-state index in [-0.39, 0.29) is 31.1 Å². The van der Waals surface area contributed by atoms with Crippen molar-refractivity contribution < 1.29 is 29.3 Å². The van der Waals surface area contributed by atoms with Gasteiger partial charge in [0.05, 0.1) is 42.7 Å². The largest absolute Gasteiger partial charge is 0.481 e. The summed E-state index contributed by atoms with van der Waals surface area (Å²) in [6.45, 7) is 1.06. The molecule has 0 spiro atoms. The number of carboxylic acid groups (broad SMARTS) is 1. The number of nitrogens with one attached hydrogen (secondary N) is 1. The number of unbranched alkanes of at least 4 members (excludes halogenated alkanes) is 2. The van der Waals surface area contributed by atoms with Gasteiger partial charge in [0, 0.05) is 31.4 Å². The van der Waals surface area contributed by atoms with Gasteiger partial charge in [-0.2, -0.15) is 0 Å². The van der Waals surface area contributed by atoms with Crippen LogP contribution in [0, 0.1) is 0 Å². The molecule has 3 atom stereocenters. The van der Waals surface area contributed by atoms with E-state index in [4.69, 9.17) is 14.6 Å². The Hall–Kier alpha value is -4.83. The molecular weight excluding hydrogens is 606 g/mol. The number of carboxylic acids is 1. The number of carbonyl (C=O) groups excluding carboxylic acids is 1. The van der Waals surface area contributed by atoms with Gasteiger partial charge < -0.3 is 29.6 Å². The molecule has 1 fully saturated rings. The van der Waals surface area contributed by atoms with Crippen LogP contribution < -0.4 is 5.32 Å². The highest BCUT2D eigenvalue weighted by atomic mass is 16.7. The molecule has 1 aromatic heterocycles. The van der Waals surface area contributed by atoms with Crippen LogP contribution in [0.25, 0.3) is 22.2 Å². The minimum Gasteiger partial charge on any atom is -0.481 e. The Morgan fingerprint density at radius 2 is 1.58 bits per heavy atom. The lowest BCUT2D eigenvalue weighted by Crippen LogP contribution is -2.32. The number of amides is 1. The minimum atomic E-state index is -0.802. The molecule has 0 saturated carbocycles. The third-order valence-electron chi connectivity index (χ3n) is 8.77. The molecule has 4 aromatic carbocycles. The Morgan fingerprint density at radius 3 is 2.38 bits per heavy atom. The summed E-state index contributed by atoms with van der Waals surface area (Å²) in [6.07, 6.45) is 4.18. The van der Waals surface area contributed by atoms with Gasteiger partial charge in [-0.15, -0.1) is 0 Å². The van der Waals surface area contributed by atoms with E-state index in [2.05, 4.69) is 39.1 Å². The van der Waals surface area contributed by atoms with E-state index in [1.165, 1.54) is 0 Å². The molecule has 2 heterocycles. The first-order chi connectivity index (χ1) is 23.4. The lowest BCUT2D eigenvalue weighted by Gasteiger charge is -2.36. The lowest BCUT2D eigenvalue weighted by atomic mass is 9.99. The average Bonchev–Trinajstić information content (AvgIpc) is 3.53. The minimum absolute atomic E-state index is 0.00462. The van der Waals surface area contributed by atoms with E-state index in [0.717, 1.165) is 50.8 Å². The Balaban J connectivity index is 1.12. The van der Waals surface area contributed by atoms with Crippen molar-refractivity contribution in [2.24, 2.45) is 0 Å². The summed E-state index contributed by atoms with van der Waals surface area (Å²) in [5.74, 6) is -0.835. The van der Waals surface area contributed by atoms with Crippen LogP contribution in [0.2, 0.25) is 0 Å². The number of benzene rings is 4. The first-order valence-electron chi connectivity index (χ1n) is 16.5. The fourth-order valence-corrected chi connectivity index (χ4v) is 6.13. The molecule has 1 aliphatic rings. The average molecular weight is 648 g/mol. The van der Waals surface area contributed by atoms with Gasteiger partial charge in [0.25, 0.3) is 0 Å². The number of imidazole rings is 1. The maximum atomic E-state index is 12.3. The fraction of sp³-hybridized carbons (Fsp3) is 0.308. The summed E-state index contributed by atoms with van der Waals surface area (Å²) in [7, 11) is 0. The van der Waals surface area contributed by atoms with Crippen molar-refractivity contribution in [3.05, 3.63) is 126 Å². The van der Waals surface area contributed by atoms with Crippen LogP contribution in [-0.2, 0) is 38.8 Å². The van der Waals surface area contributed by atoms with Crippen molar-refractivity contribution in [3.8, 4) is 11.1 Å². The van der Waals surface area contributed by atoms with Gasteiger partial charge in [0.15, 0.2) is 6.29 Å². The zero-order valence-electron chi connectivity index (χ0n) is 26.8. The van der Waals surface area contributed by atoms with Crippen molar-refractivity contribution in [2.45, 2.75) is 76.7 Å². The van der Waals surface area contributed by atoms with Crippen LogP contribution in [0.4, 0.5) is 0 Å². The summed E-state index contributed by atoms with van der Waals surface area (Å²) in [4.78, 5) is 27.5. The van der Waals surface area contributed by atoms with Crippen LogP contribution >= 0.6 is 0 Å². The predicted octanol–water partition coefficient (Wildman–Crippen LogP) is 7.09. The van der Waals surface area contributed by atoms with Gasteiger partial charge in [0.1, 0.15) is 0 Å². The fourth-order valence-electron chi connectivity index (χ4n) is 6.13. The Bertz CT molecular complexity index is 1820. The van der Waals surface area contributed by atoms with Gasteiger partial charge in [-0.05, 0) is 58.9 Å². The predicted molar refractivity (Wildman–Crippen MR) is 183 cm³/mol. The van der Waals surface area contributed by atoms with E-state index < -0.39 is 12.3 Å². The number of aliphatic hydroxyl groups is 1. The lowest BCUT2D eigenvalue weighted by molar-refractivity contribution is -0.252. The molecule has 3 unspecified atom stereocenters. The molecule has 9 nitrogen and oxygen atoms in total. The Morgan fingerprint density at radius 1 is 0.812 bits per heavy atom. The first-order valence-corrected chi connectivity index (χ1v) is 16.5. The van der Waals surface area contributed by atoms with E-state index >= 15 is 0 Å². The molecule has 248 valence electrons.